The van der Waals surface area contributed by atoms with Gasteiger partial charge in [0, 0.05) is 6.54 Å². The number of amides is 1. The van der Waals surface area contributed by atoms with Gasteiger partial charge >= 0.3 is 0 Å². The van der Waals surface area contributed by atoms with E-state index in [1.165, 1.54) is 18.2 Å². The van der Waals surface area contributed by atoms with Gasteiger partial charge in [0.2, 0.25) is 0 Å². The minimum Gasteiger partial charge on any atom is -0.507 e. The van der Waals surface area contributed by atoms with Crippen LogP contribution in [0.25, 0.3) is 0 Å². The molecule has 1 fully saturated rings. The molecule has 168 valence electrons. The summed E-state index contributed by atoms with van der Waals surface area (Å²) in [6.07, 6.45) is -4.34. The summed E-state index contributed by atoms with van der Waals surface area (Å²) in [4.78, 5) is 12.8. The van der Waals surface area contributed by atoms with Crippen molar-refractivity contribution in [3.05, 3.63) is 53.6 Å². The summed E-state index contributed by atoms with van der Waals surface area (Å²) in [5.41, 5.74) is -0.399. The Morgan fingerprint density at radius 3 is 2.42 bits per heavy atom. The summed E-state index contributed by atoms with van der Waals surface area (Å²) >= 11 is 0.929. The SMILES string of the molecule is COc1ccc(CNC(=O)c2c(O)cccc2O[C@@H]2S[C@H](CO)[C@@H](O)[C@H](O)[C@H]2O)cc1. The first-order valence-electron chi connectivity index (χ1n) is 9.56. The first-order chi connectivity index (χ1) is 14.8. The minimum atomic E-state index is -1.53. The largest absolute Gasteiger partial charge is 0.507 e. The molecule has 0 unspecified atom stereocenters. The van der Waals surface area contributed by atoms with E-state index in [1.54, 1.807) is 31.4 Å². The van der Waals surface area contributed by atoms with Gasteiger partial charge in [-0.1, -0.05) is 18.2 Å². The topological polar surface area (TPSA) is 149 Å². The van der Waals surface area contributed by atoms with E-state index in [1.807, 2.05) is 0 Å². The second-order valence-corrected chi connectivity index (χ2v) is 8.34. The van der Waals surface area contributed by atoms with E-state index in [4.69, 9.17) is 9.47 Å². The number of hydrogen-bond acceptors (Lipinski definition) is 9. The van der Waals surface area contributed by atoms with E-state index in [0.717, 1.165) is 17.3 Å². The van der Waals surface area contributed by atoms with Gasteiger partial charge in [-0.3, -0.25) is 4.79 Å². The van der Waals surface area contributed by atoms with Gasteiger partial charge in [0.1, 0.15) is 35.0 Å². The third-order valence-electron chi connectivity index (χ3n) is 4.93. The third-order valence-corrected chi connectivity index (χ3v) is 6.36. The van der Waals surface area contributed by atoms with Crippen LogP contribution in [0.3, 0.4) is 0 Å². The smallest absolute Gasteiger partial charge is 0.259 e. The lowest BCUT2D eigenvalue weighted by Gasteiger charge is -2.39. The average molecular weight is 451 g/mol. The second-order valence-electron chi connectivity index (χ2n) is 7.00. The van der Waals surface area contributed by atoms with Crippen molar-refractivity contribution in [2.24, 2.45) is 0 Å². The Morgan fingerprint density at radius 1 is 1.06 bits per heavy atom. The number of methoxy groups -OCH3 is 1. The van der Waals surface area contributed by atoms with E-state index in [-0.39, 0.29) is 23.6 Å². The predicted molar refractivity (Wildman–Crippen MR) is 113 cm³/mol. The maximum absolute atomic E-state index is 12.8. The first kappa shape index (κ1) is 23.2. The molecule has 5 atom stereocenters. The Morgan fingerprint density at radius 2 is 1.77 bits per heavy atom. The normalized spacial score (nSPS) is 25.6. The molecule has 2 aromatic rings. The minimum absolute atomic E-state index is 0.0101. The molecule has 0 bridgehead atoms. The monoisotopic (exact) mass is 451 g/mol. The Bertz CT molecular complexity index is 891. The van der Waals surface area contributed by atoms with Crippen LogP contribution in [0.5, 0.6) is 17.2 Å². The van der Waals surface area contributed by atoms with Crippen LogP contribution in [0.15, 0.2) is 42.5 Å². The van der Waals surface area contributed by atoms with E-state index >= 15 is 0 Å². The molecule has 1 aliphatic rings. The molecular formula is C21H25NO8S. The number of hydrogen-bond donors (Lipinski definition) is 6. The number of benzene rings is 2. The van der Waals surface area contributed by atoms with Crippen molar-refractivity contribution in [1.29, 1.82) is 0 Å². The second kappa shape index (κ2) is 10.2. The highest BCUT2D eigenvalue weighted by Gasteiger charge is 2.44. The number of aromatic hydroxyl groups is 1. The fourth-order valence-electron chi connectivity index (χ4n) is 3.15. The third kappa shape index (κ3) is 5.23. The standard InChI is InChI=1S/C21H25NO8S/c1-29-12-7-5-11(6-8-12)9-22-20(28)16-13(24)3-2-4-14(16)30-21-19(27)18(26)17(25)15(10-23)31-21/h2-8,15,17-19,21,23-27H,9-10H2,1H3,(H,22,28)/t15-,17-,18+,19-,21-/m1/s1. The van der Waals surface area contributed by atoms with Gasteiger partial charge in [-0.25, -0.2) is 0 Å². The van der Waals surface area contributed by atoms with Crippen molar-refractivity contribution in [3.63, 3.8) is 0 Å². The molecule has 10 heteroatoms. The van der Waals surface area contributed by atoms with E-state index in [2.05, 4.69) is 5.32 Å². The lowest BCUT2D eigenvalue weighted by atomic mass is 10.0. The highest BCUT2D eigenvalue weighted by Crippen LogP contribution is 2.36. The van der Waals surface area contributed by atoms with Crippen molar-refractivity contribution in [1.82, 2.24) is 5.32 Å². The number of phenols is 1. The molecule has 1 amide bonds. The van der Waals surface area contributed by atoms with Crippen molar-refractivity contribution >= 4 is 17.7 Å². The van der Waals surface area contributed by atoms with Gasteiger partial charge in [-0.05, 0) is 29.8 Å². The molecule has 3 rings (SSSR count). The summed E-state index contributed by atoms with van der Waals surface area (Å²) in [7, 11) is 1.56. The van der Waals surface area contributed by atoms with Crippen molar-refractivity contribution < 1.29 is 39.8 Å². The predicted octanol–water partition coefficient (Wildman–Crippen LogP) is 0.226. The average Bonchev–Trinajstić information content (AvgIpc) is 2.78. The van der Waals surface area contributed by atoms with Gasteiger partial charge in [-0.15, -0.1) is 11.8 Å². The summed E-state index contributed by atoms with van der Waals surface area (Å²) in [5.74, 6) is -0.245. The number of aliphatic hydroxyl groups excluding tert-OH is 4. The fourth-order valence-corrected chi connectivity index (χ4v) is 4.38. The van der Waals surface area contributed by atoms with Crippen LogP contribution in [0.2, 0.25) is 0 Å². The molecule has 0 saturated carbocycles. The molecule has 9 nitrogen and oxygen atoms in total. The van der Waals surface area contributed by atoms with Gasteiger partial charge in [-0.2, -0.15) is 0 Å². The molecule has 31 heavy (non-hydrogen) atoms. The van der Waals surface area contributed by atoms with E-state index < -0.39 is 41.5 Å². The molecule has 1 saturated heterocycles. The summed E-state index contributed by atoms with van der Waals surface area (Å²) in [5, 5.41) is 51.8. The van der Waals surface area contributed by atoms with Crippen LogP contribution in [0, 0.1) is 0 Å². The lowest BCUT2D eigenvalue weighted by Crippen LogP contribution is -2.55. The highest BCUT2D eigenvalue weighted by molar-refractivity contribution is 8.00. The van der Waals surface area contributed by atoms with Crippen LogP contribution < -0.4 is 14.8 Å². The number of phenolic OH excluding ortho intramolecular Hbond substituents is 1. The highest BCUT2D eigenvalue weighted by atomic mass is 32.2. The molecule has 2 aromatic carbocycles. The molecule has 0 radical (unpaired) electrons. The zero-order chi connectivity index (χ0) is 22.5. The summed E-state index contributed by atoms with van der Waals surface area (Å²) < 4.78 is 10.8. The van der Waals surface area contributed by atoms with Gasteiger partial charge < -0.3 is 40.3 Å². The zero-order valence-electron chi connectivity index (χ0n) is 16.7. The molecule has 1 heterocycles. The van der Waals surface area contributed by atoms with Crippen LogP contribution in [-0.2, 0) is 6.54 Å². The van der Waals surface area contributed by atoms with Crippen molar-refractivity contribution in [2.45, 2.75) is 35.5 Å². The van der Waals surface area contributed by atoms with Gasteiger partial charge in [0.05, 0.1) is 25.1 Å². The molecular weight excluding hydrogens is 426 g/mol. The number of carbonyl (C=O) groups is 1. The Labute approximate surface area is 183 Å². The molecule has 0 aliphatic carbocycles. The molecule has 1 aliphatic heterocycles. The maximum atomic E-state index is 12.8. The Kier molecular flexibility index (Phi) is 7.63. The first-order valence-corrected chi connectivity index (χ1v) is 10.5. The van der Waals surface area contributed by atoms with Crippen LogP contribution in [-0.4, -0.2) is 74.2 Å². The zero-order valence-corrected chi connectivity index (χ0v) is 17.5. The van der Waals surface area contributed by atoms with Crippen LogP contribution in [0.1, 0.15) is 15.9 Å². The van der Waals surface area contributed by atoms with Crippen molar-refractivity contribution in [3.8, 4) is 17.2 Å². The number of aliphatic hydroxyl groups is 4. The summed E-state index contributed by atoms with van der Waals surface area (Å²) in [6, 6.07) is 11.3. The molecule has 0 aromatic heterocycles. The number of thioether (sulfide) groups is 1. The van der Waals surface area contributed by atoms with E-state index in [0.29, 0.717) is 5.75 Å². The van der Waals surface area contributed by atoms with Crippen molar-refractivity contribution in [2.75, 3.05) is 13.7 Å². The number of rotatable bonds is 7. The van der Waals surface area contributed by atoms with Gasteiger partial charge in [0.15, 0.2) is 5.44 Å². The Hall–Kier alpha value is -2.50. The summed E-state index contributed by atoms with van der Waals surface area (Å²) in [6.45, 7) is -0.250. The molecule has 6 N–H and O–H groups in total. The fraction of sp³-hybridized carbons (Fsp3) is 0.381. The Balaban J connectivity index is 1.75. The number of ether oxygens (including phenoxy) is 2. The maximum Gasteiger partial charge on any atom is 0.259 e. The van der Waals surface area contributed by atoms with Gasteiger partial charge in [0.25, 0.3) is 5.91 Å². The quantitative estimate of drug-likeness (QED) is 0.348. The van der Waals surface area contributed by atoms with Crippen LogP contribution >= 0.6 is 11.8 Å². The lowest BCUT2D eigenvalue weighted by molar-refractivity contribution is -0.0910. The number of carbonyl (C=O) groups excluding carboxylic acids is 1. The van der Waals surface area contributed by atoms with Crippen LogP contribution in [0.4, 0.5) is 0 Å². The van der Waals surface area contributed by atoms with E-state index in [9.17, 15) is 30.3 Å². The number of nitrogens with one attached hydrogen (secondary N) is 1. The molecule has 0 spiro atoms.